The summed E-state index contributed by atoms with van der Waals surface area (Å²) in [4.78, 5) is 17.0. The number of thiophene rings is 1. The Kier molecular flexibility index (Phi) is 3.58. The Morgan fingerprint density at radius 1 is 1.65 bits per heavy atom. The van der Waals surface area contributed by atoms with Gasteiger partial charge in [0.2, 0.25) is 5.76 Å². The van der Waals surface area contributed by atoms with Gasteiger partial charge >= 0.3 is 0 Å². The van der Waals surface area contributed by atoms with Crippen LogP contribution >= 0.6 is 11.3 Å². The molecule has 1 N–H and O–H groups in total. The van der Waals surface area contributed by atoms with E-state index in [1.54, 1.807) is 18.3 Å². The average molecular weight is 250 g/mol. The lowest BCUT2D eigenvalue weighted by atomic mass is 10.2. The maximum Gasteiger partial charge on any atom is 0.289 e. The minimum atomic E-state index is -0.205. The maximum absolute atomic E-state index is 11.8. The number of nitrogens with one attached hydrogen (secondary N) is 1. The van der Waals surface area contributed by atoms with Crippen molar-refractivity contribution in [2.24, 2.45) is 0 Å². The summed E-state index contributed by atoms with van der Waals surface area (Å²) < 4.78 is 5.04. The number of hydrogen-bond donors (Lipinski definition) is 1. The van der Waals surface area contributed by atoms with Gasteiger partial charge in [-0.25, -0.2) is 4.98 Å². The Balaban J connectivity index is 1.93. The molecule has 0 fully saturated rings. The van der Waals surface area contributed by atoms with Gasteiger partial charge in [-0.15, -0.1) is 11.3 Å². The van der Waals surface area contributed by atoms with Crippen molar-refractivity contribution >= 4 is 17.2 Å². The van der Waals surface area contributed by atoms with Crippen molar-refractivity contribution in [2.45, 2.75) is 26.3 Å². The summed E-state index contributed by atoms with van der Waals surface area (Å²) in [5, 5.41) is 4.93. The number of carbonyl (C=O) groups excluding carboxylic acids is 1. The summed E-state index contributed by atoms with van der Waals surface area (Å²) in [6, 6.07) is 4.15. The molecule has 2 heterocycles. The second-order valence-electron chi connectivity index (χ2n) is 3.92. The van der Waals surface area contributed by atoms with Crippen molar-refractivity contribution in [3.8, 4) is 0 Å². The molecule has 0 spiro atoms. The molecule has 2 aromatic rings. The van der Waals surface area contributed by atoms with Crippen LogP contribution in [0.5, 0.6) is 0 Å². The van der Waals surface area contributed by atoms with Gasteiger partial charge in [-0.1, -0.05) is 6.07 Å². The van der Waals surface area contributed by atoms with Gasteiger partial charge in [-0.2, -0.15) is 0 Å². The van der Waals surface area contributed by atoms with E-state index in [1.165, 1.54) is 11.3 Å². The van der Waals surface area contributed by atoms with Crippen LogP contribution in [0.15, 0.2) is 28.3 Å². The predicted molar refractivity (Wildman–Crippen MR) is 66.2 cm³/mol. The van der Waals surface area contributed by atoms with Gasteiger partial charge in [-0.05, 0) is 25.3 Å². The topological polar surface area (TPSA) is 55.1 Å². The standard InChI is InChI=1S/C12H14N2O2S/c1-8(6-10-4-3-5-17-10)14-12(15)11-9(2)13-7-16-11/h3-5,7-8H,6H2,1-2H3,(H,14,15)/t8-/m0/s1. The Labute approximate surface area is 104 Å². The van der Waals surface area contributed by atoms with E-state index in [-0.39, 0.29) is 11.9 Å². The van der Waals surface area contributed by atoms with Crippen molar-refractivity contribution in [3.05, 3.63) is 40.2 Å². The predicted octanol–water partition coefficient (Wildman–Crippen LogP) is 2.41. The number of aromatic nitrogens is 1. The minimum Gasteiger partial charge on any atom is -0.438 e. The largest absolute Gasteiger partial charge is 0.438 e. The van der Waals surface area contributed by atoms with Crippen LogP contribution in [0.25, 0.3) is 0 Å². The van der Waals surface area contributed by atoms with E-state index in [4.69, 9.17) is 4.42 Å². The summed E-state index contributed by atoms with van der Waals surface area (Å²) in [6.45, 7) is 3.73. The monoisotopic (exact) mass is 250 g/mol. The molecule has 17 heavy (non-hydrogen) atoms. The first-order valence-electron chi connectivity index (χ1n) is 5.40. The molecule has 0 radical (unpaired) electrons. The summed E-state index contributed by atoms with van der Waals surface area (Å²) in [6.07, 6.45) is 2.12. The number of oxazole rings is 1. The normalized spacial score (nSPS) is 12.4. The highest BCUT2D eigenvalue weighted by Crippen LogP contribution is 2.11. The van der Waals surface area contributed by atoms with Gasteiger partial charge < -0.3 is 9.73 Å². The Bertz CT molecular complexity index is 490. The van der Waals surface area contributed by atoms with E-state index in [0.29, 0.717) is 11.5 Å². The molecule has 0 aliphatic heterocycles. The summed E-state index contributed by atoms with van der Waals surface area (Å²) in [5.74, 6) is 0.0899. The third kappa shape index (κ3) is 2.94. The number of carbonyl (C=O) groups is 1. The molecule has 0 aromatic carbocycles. The Morgan fingerprint density at radius 3 is 3.06 bits per heavy atom. The van der Waals surface area contributed by atoms with Crippen molar-refractivity contribution in [3.63, 3.8) is 0 Å². The van der Waals surface area contributed by atoms with Crippen LogP contribution in [0.1, 0.15) is 28.0 Å². The molecule has 2 aromatic heterocycles. The van der Waals surface area contributed by atoms with Crippen molar-refractivity contribution in [1.29, 1.82) is 0 Å². The summed E-state index contributed by atoms with van der Waals surface area (Å²) in [7, 11) is 0. The number of amides is 1. The van der Waals surface area contributed by atoms with Crippen LogP contribution in [0, 0.1) is 6.92 Å². The average Bonchev–Trinajstić information content (AvgIpc) is 2.88. The number of rotatable bonds is 4. The summed E-state index contributed by atoms with van der Waals surface area (Å²) >= 11 is 1.69. The highest BCUT2D eigenvalue weighted by Gasteiger charge is 2.16. The van der Waals surface area contributed by atoms with E-state index in [0.717, 1.165) is 6.42 Å². The molecule has 2 rings (SSSR count). The first-order chi connectivity index (χ1) is 8.16. The molecule has 0 aliphatic carbocycles. The van der Waals surface area contributed by atoms with E-state index >= 15 is 0 Å². The molecule has 4 nitrogen and oxygen atoms in total. The van der Waals surface area contributed by atoms with Gasteiger partial charge in [0, 0.05) is 17.3 Å². The molecule has 5 heteroatoms. The zero-order chi connectivity index (χ0) is 12.3. The van der Waals surface area contributed by atoms with Crippen LogP contribution in [-0.2, 0) is 6.42 Å². The van der Waals surface area contributed by atoms with Crippen LogP contribution in [0.4, 0.5) is 0 Å². The smallest absolute Gasteiger partial charge is 0.289 e. The van der Waals surface area contributed by atoms with Crippen LogP contribution < -0.4 is 5.32 Å². The SMILES string of the molecule is Cc1ncoc1C(=O)N[C@@H](C)Cc1cccs1. The lowest BCUT2D eigenvalue weighted by molar-refractivity contribution is 0.0911. The highest BCUT2D eigenvalue weighted by molar-refractivity contribution is 7.09. The van der Waals surface area contributed by atoms with E-state index < -0.39 is 0 Å². The zero-order valence-electron chi connectivity index (χ0n) is 9.77. The molecular weight excluding hydrogens is 236 g/mol. The Morgan fingerprint density at radius 2 is 2.47 bits per heavy atom. The number of aryl methyl sites for hydroxylation is 1. The first-order valence-corrected chi connectivity index (χ1v) is 6.28. The van der Waals surface area contributed by atoms with Crippen molar-refractivity contribution < 1.29 is 9.21 Å². The zero-order valence-corrected chi connectivity index (χ0v) is 10.6. The number of hydrogen-bond acceptors (Lipinski definition) is 4. The van der Waals surface area contributed by atoms with Crippen LogP contribution in [0.3, 0.4) is 0 Å². The molecule has 0 aliphatic rings. The second-order valence-corrected chi connectivity index (χ2v) is 4.96. The van der Waals surface area contributed by atoms with Crippen LogP contribution in [-0.4, -0.2) is 16.9 Å². The highest BCUT2D eigenvalue weighted by atomic mass is 32.1. The lowest BCUT2D eigenvalue weighted by Gasteiger charge is -2.11. The lowest BCUT2D eigenvalue weighted by Crippen LogP contribution is -2.34. The summed E-state index contributed by atoms with van der Waals surface area (Å²) in [5.41, 5.74) is 0.617. The fraction of sp³-hybridized carbons (Fsp3) is 0.333. The quantitative estimate of drug-likeness (QED) is 0.906. The minimum absolute atomic E-state index is 0.0747. The molecular formula is C12H14N2O2S. The third-order valence-corrected chi connectivity index (χ3v) is 3.32. The fourth-order valence-electron chi connectivity index (χ4n) is 1.59. The second kappa shape index (κ2) is 5.14. The van der Waals surface area contributed by atoms with E-state index in [2.05, 4.69) is 16.4 Å². The van der Waals surface area contributed by atoms with Crippen molar-refractivity contribution in [1.82, 2.24) is 10.3 Å². The molecule has 0 saturated heterocycles. The third-order valence-electron chi connectivity index (χ3n) is 2.42. The first kappa shape index (κ1) is 11.9. The van der Waals surface area contributed by atoms with Gasteiger partial charge in [-0.3, -0.25) is 4.79 Å². The fourth-order valence-corrected chi connectivity index (χ4v) is 2.43. The molecule has 0 unspecified atom stereocenters. The Hall–Kier alpha value is -1.62. The molecule has 90 valence electrons. The van der Waals surface area contributed by atoms with Gasteiger partial charge in [0.1, 0.15) is 0 Å². The van der Waals surface area contributed by atoms with E-state index in [1.807, 2.05) is 18.4 Å². The van der Waals surface area contributed by atoms with Crippen molar-refractivity contribution in [2.75, 3.05) is 0 Å². The molecule has 0 bridgehead atoms. The van der Waals surface area contributed by atoms with Gasteiger partial charge in [0.15, 0.2) is 6.39 Å². The molecule has 1 atom stereocenters. The number of nitrogens with zero attached hydrogens (tertiary/aromatic N) is 1. The van der Waals surface area contributed by atoms with Gasteiger partial charge in [0.25, 0.3) is 5.91 Å². The molecule has 0 saturated carbocycles. The molecule has 1 amide bonds. The van der Waals surface area contributed by atoms with E-state index in [9.17, 15) is 4.79 Å². The van der Waals surface area contributed by atoms with Crippen LogP contribution in [0.2, 0.25) is 0 Å². The van der Waals surface area contributed by atoms with Gasteiger partial charge in [0.05, 0.1) is 5.69 Å². The maximum atomic E-state index is 11.8.